The maximum atomic E-state index is 12.2. The Hall–Kier alpha value is -2.02. The van der Waals surface area contributed by atoms with E-state index in [1.807, 2.05) is 6.92 Å². The molecule has 1 heterocycles. The second-order valence-corrected chi connectivity index (χ2v) is 5.27. The van der Waals surface area contributed by atoms with Crippen molar-refractivity contribution in [2.75, 3.05) is 0 Å². The molecular weight excluding hydrogens is 266 g/mol. The number of carbonyl (C=O) groups is 1. The maximum absolute atomic E-state index is 12.2. The Morgan fingerprint density at radius 2 is 2.26 bits per heavy atom. The van der Waals surface area contributed by atoms with E-state index in [2.05, 4.69) is 10.1 Å². The van der Waals surface area contributed by atoms with Crippen LogP contribution >= 0.6 is 0 Å². The van der Waals surface area contributed by atoms with Crippen LogP contribution in [0, 0.1) is 0 Å². The molecule has 2 aromatic rings. The van der Waals surface area contributed by atoms with Crippen molar-refractivity contribution in [2.24, 2.45) is 0 Å². The largest absolute Gasteiger partial charge is 0.478 e. The molecule has 1 aromatic carbocycles. The van der Waals surface area contributed by atoms with E-state index < -0.39 is 16.8 Å². The van der Waals surface area contributed by atoms with Crippen LogP contribution in [-0.2, 0) is 23.1 Å². The monoisotopic (exact) mass is 279 g/mol. The first-order valence-electron chi connectivity index (χ1n) is 5.70. The predicted molar refractivity (Wildman–Crippen MR) is 69.2 cm³/mol. The van der Waals surface area contributed by atoms with Crippen LogP contribution in [0.3, 0.4) is 0 Å². The summed E-state index contributed by atoms with van der Waals surface area (Å²) in [7, 11) is -1.34. The van der Waals surface area contributed by atoms with Gasteiger partial charge in [-0.1, -0.05) is 6.07 Å². The summed E-state index contributed by atoms with van der Waals surface area (Å²) in [5.74, 6) is -0.186. The zero-order valence-corrected chi connectivity index (χ0v) is 11.1. The summed E-state index contributed by atoms with van der Waals surface area (Å²) < 4.78 is 13.9. The van der Waals surface area contributed by atoms with Gasteiger partial charge >= 0.3 is 5.97 Å². The van der Waals surface area contributed by atoms with Gasteiger partial charge in [0.25, 0.3) is 0 Å². The summed E-state index contributed by atoms with van der Waals surface area (Å²) in [5, 5.41) is 12.9. The Labute approximate surface area is 112 Å². The molecule has 0 fully saturated rings. The summed E-state index contributed by atoms with van der Waals surface area (Å²) in [5.41, 5.74) is 0.128. The highest BCUT2D eigenvalue weighted by Crippen LogP contribution is 2.13. The molecule has 0 saturated carbocycles. The fourth-order valence-corrected chi connectivity index (χ4v) is 2.75. The molecule has 2 rings (SSSR count). The lowest BCUT2D eigenvalue weighted by Crippen LogP contribution is -2.07. The number of aromatic nitrogens is 3. The number of carboxylic acids is 1. The van der Waals surface area contributed by atoms with Crippen molar-refractivity contribution in [1.82, 2.24) is 14.8 Å². The lowest BCUT2D eigenvalue weighted by atomic mass is 10.2. The molecule has 19 heavy (non-hydrogen) atoms. The van der Waals surface area contributed by atoms with E-state index in [4.69, 9.17) is 5.11 Å². The van der Waals surface area contributed by atoms with Gasteiger partial charge in [-0.25, -0.2) is 14.5 Å². The van der Waals surface area contributed by atoms with Crippen molar-refractivity contribution < 1.29 is 14.1 Å². The predicted octanol–water partition coefficient (Wildman–Crippen LogP) is 1.30. The number of benzene rings is 1. The van der Waals surface area contributed by atoms with Crippen molar-refractivity contribution in [3.05, 3.63) is 42.0 Å². The molecule has 0 aliphatic rings. The maximum Gasteiger partial charge on any atom is 0.335 e. The molecule has 0 aliphatic carbocycles. The van der Waals surface area contributed by atoms with Crippen LogP contribution in [0.1, 0.15) is 23.1 Å². The van der Waals surface area contributed by atoms with E-state index in [-0.39, 0.29) is 11.3 Å². The first-order chi connectivity index (χ1) is 9.11. The topological polar surface area (TPSA) is 85.1 Å². The summed E-state index contributed by atoms with van der Waals surface area (Å²) in [6, 6.07) is 6.12. The minimum Gasteiger partial charge on any atom is -0.478 e. The minimum atomic E-state index is -1.34. The molecule has 0 amide bonds. The number of rotatable bonds is 5. The highest BCUT2D eigenvalue weighted by atomic mass is 32.2. The minimum absolute atomic E-state index is 0.128. The van der Waals surface area contributed by atoms with Crippen LogP contribution in [0.15, 0.2) is 35.5 Å². The van der Waals surface area contributed by atoms with Crippen LogP contribution in [0.5, 0.6) is 0 Å². The normalized spacial score (nSPS) is 12.3. The quantitative estimate of drug-likeness (QED) is 0.891. The number of hydrogen-bond acceptors (Lipinski definition) is 4. The van der Waals surface area contributed by atoms with Gasteiger partial charge in [-0.05, 0) is 25.1 Å². The van der Waals surface area contributed by atoms with E-state index in [0.717, 1.165) is 0 Å². The molecule has 1 unspecified atom stereocenters. The molecule has 1 N–H and O–H groups in total. The molecule has 1 atom stereocenters. The zero-order chi connectivity index (χ0) is 13.8. The van der Waals surface area contributed by atoms with Gasteiger partial charge in [0.1, 0.15) is 12.2 Å². The summed E-state index contributed by atoms with van der Waals surface area (Å²) in [6.45, 7) is 2.58. The van der Waals surface area contributed by atoms with E-state index in [1.54, 1.807) is 16.8 Å². The SMILES string of the molecule is CCn1ncnc1CS(=O)c1cccc(C(=O)O)c1. The molecule has 6 nitrogen and oxygen atoms in total. The number of carboxylic acid groups (broad SMARTS) is 1. The van der Waals surface area contributed by atoms with Gasteiger partial charge in [0.15, 0.2) is 0 Å². The Morgan fingerprint density at radius 3 is 2.95 bits per heavy atom. The van der Waals surface area contributed by atoms with Crippen molar-refractivity contribution >= 4 is 16.8 Å². The molecule has 0 radical (unpaired) electrons. The fraction of sp³-hybridized carbons (Fsp3) is 0.250. The van der Waals surface area contributed by atoms with Crippen LogP contribution in [0.2, 0.25) is 0 Å². The van der Waals surface area contributed by atoms with E-state index >= 15 is 0 Å². The van der Waals surface area contributed by atoms with Crippen molar-refractivity contribution in [1.29, 1.82) is 0 Å². The lowest BCUT2D eigenvalue weighted by molar-refractivity contribution is 0.0696. The highest BCUT2D eigenvalue weighted by molar-refractivity contribution is 7.84. The van der Waals surface area contributed by atoms with Gasteiger partial charge in [-0.2, -0.15) is 5.10 Å². The Balaban J connectivity index is 2.20. The summed E-state index contributed by atoms with van der Waals surface area (Å²) >= 11 is 0. The van der Waals surface area contributed by atoms with Crippen LogP contribution in [0.25, 0.3) is 0 Å². The third kappa shape index (κ3) is 3.05. The van der Waals surface area contributed by atoms with Crippen LogP contribution in [0.4, 0.5) is 0 Å². The lowest BCUT2D eigenvalue weighted by Gasteiger charge is -2.04. The van der Waals surface area contributed by atoms with Gasteiger partial charge in [-0.15, -0.1) is 0 Å². The molecule has 1 aromatic heterocycles. The zero-order valence-electron chi connectivity index (χ0n) is 10.3. The molecule has 7 heteroatoms. The van der Waals surface area contributed by atoms with Gasteiger partial charge < -0.3 is 5.11 Å². The second-order valence-electron chi connectivity index (χ2n) is 3.81. The summed E-state index contributed by atoms with van der Waals surface area (Å²) in [4.78, 5) is 15.4. The van der Waals surface area contributed by atoms with Crippen molar-refractivity contribution in [3.63, 3.8) is 0 Å². The Kier molecular flexibility index (Phi) is 4.06. The highest BCUT2D eigenvalue weighted by Gasteiger charge is 2.12. The van der Waals surface area contributed by atoms with E-state index in [0.29, 0.717) is 17.3 Å². The second kappa shape index (κ2) is 5.75. The third-order valence-corrected chi connectivity index (χ3v) is 3.90. The number of aryl methyl sites for hydroxylation is 1. The number of nitrogens with zero attached hydrogens (tertiary/aromatic N) is 3. The van der Waals surface area contributed by atoms with Crippen LogP contribution in [-0.4, -0.2) is 30.0 Å². The number of hydrogen-bond donors (Lipinski definition) is 1. The van der Waals surface area contributed by atoms with Gasteiger partial charge in [0.05, 0.1) is 22.1 Å². The van der Waals surface area contributed by atoms with Crippen molar-refractivity contribution in [2.45, 2.75) is 24.1 Å². The molecule has 0 bridgehead atoms. The smallest absolute Gasteiger partial charge is 0.335 e. The summed E-state index contributed by atoms with van der Waals surface area (Å²) in [6.07, 6.45) is 1.42. The molecule has 100 valence electrons. The first-order valence-corrected chi connectivity index (χ1v) is 7.02. The molecular formula is C12H13N3O3S. The third-order valence-electron chi connectivity index (χ3n) is 2.60. The van der Waals surface area contributed by atoms with Crippen LogP contribution < -0.4 is 0 Å². The first kappa shape index (κ1) is 13.4. The Bertz CT molecular complexity index is 624. The van der Waals surface area contributed by atoms with E-state index in [1.165, 1.54) is 18.5 Å². The standard InChI is InChI=1S/C12H13N3O3S/c1-2-15-11(13-8-14-15)7-19(18)10-5-3-4-9(6-10)12(16)17/h3-6,8H,2,7H2,1H3,(H,16,17). The average Bonchev–Trinajstić information content (AvgIpc) is 2.86. The van der Waals surface area contributed by atoms with Gasteiger partial charge in [0.2, 0.25) is 0 Å². The Morgan fingerprint density at radius 1 is 1.47 bits per heavy atom. The molecule has 0 aliphatic heterocycles. The van der Waals surface area contributed by atoms with Crippen molar-refractivity contribution in [3.8, 4) is 0 Å². The average molecular weight is 279 g/mol. The van der Waals surface area contributed by atoms with E-state index in [9.17, 15) is 9.00 Å². The fourth-order valence-electron chi connectivity index (χ4n) is 1.64. The molecule has 0 saturated heterocycles. The van der Waals surface area contributed by atoms with Gasteiger partial charge in [-0.3, -0.25) is 4.21 Å². The van der Waals surface area contributed by atoms with Gasteiger partial charge in [0, 0.05) is 11.4 Å². The number of aromatic carboxylic acids is 1. The molecule has 0 spiro atoms.